The first kappa shape index (κ1) is 23.2. The molecule has 0 saturated heterocycles. The van der Waals surface area contributed by atoms with Crippen LogP contribution in [0.2, 0.25) is 0 Å². The van der Waals surface area contributed by atoms with E-state index in [-0.39, 0.29) is 0 Å². The van der Waals surface area contributed by atoms with Crippen LogP contribution in [-0.2, 0) is 6.42 Å². The molecule has 3 aromatic carbocycles. The van der Waals surface area contributed by atoms with E-state index in [9.17, 15) is 0 Å². The van der Waals surface area contributed by atoms with Crippen molar-refractivity contribution in [2.24, 2.45) is 0 Å². The van der Waals surface area contributed by atoms with Crippen molar-refractivity contribution in [2.75, 3.05) is 47.4 Å². The zero-order valence-corrected chi connectivity index (χ0v) is 20.5. The van der Waals surface area contributed by atoms with Crippen molar-refractivity contribution in [2.45, 2.75) is 6.42 Å². The van der Waals surface area contributed by atoms with Gasteiger partial charge in [-0.05, 0) is 53.3 Å². The molecule has 0 spiro atoms. The highest BCUT2D eigenvalue weighted by Crippen LogP contribution is 2.40. The molecule has 6 nitrogen and oxygen atoms in total. The number of hydrogen-bond acceptors (Lipinski definition) is 6. The highest BCUT2D eigenvalue weighted by Gasteiger charge is 2.18. The van der Waals surface area contributed by atoms with Gasteiger partial charge in [-0.1, -0.05) is 30.3 Å². The van der Waals surface area contributed by atoms with Gasteiger partial charge in [0.15, 0.2) is 23.0 Å². The van der Waals surface area contributed by atoms with E-state index >= 15 is 0 Å². The summed E-state index contributed by atoms with van der Waals surface area (Å²) in [6.45, 7) is 0. The number of benzene rings is 3. The van der Waals surface area contributed by atoms with Crippen molar-refractivity contribution < 1.29 is 18.9 Å². The highest BCUT2D eigenvalue weighted by atomic mass is 16.5. The summed E-state index contributed by atoms with van der Waals surface area (Å²) >= 11 is 0. The second-order valence-corrected chi connectivity index (χ2v) is 8.18. The Balaban J connectivity index is 1.98. The minimum Gasteiger partial charge on any atom is -0.493 e. The first-order valence-electron chi connectivity index (χ1n) is 11.0. The molecule has 0 aliphatic heterocycles. The van der Waals surface area contributed by atoms with E-state index in [0.717, 1.165) is 39.8 Å². The minimum atomic E-state index is 0.662. The average Bonchev–Trinajstić information content (AvgIpc) is 2.87. The zero-order chi connectivity index (χ0) is 24.2. The number of ether oxygens (including phenoxy) is 4. The maximum atomic E-state index is 5.64. The summed E-state index contributed by atoms with van der Waals surface area (Å²) in [7, 11) is 10.6. The van der Waals surface area contributed by atoms with E-state index in [1.165, 1.54) is 5.56 Å². The molecule has 1 aromatic heterocycles. The van der Waals surface area contributed by atoms with Crippen LogP contribution in [0.3, 0.4) is 0 Å². The summed E-state index contributed by atoms with van der Waals surface area (Å²) in [5, 5.41) is 1.99. The molecule has 6 heteroatoms. The monoisotopic (exact) mass is 458 g/mol. The Labute approximate surface area is 200 Å². The van der Waals surface area contributed by atoms with E-state index in [1.54, 1.807) is 28.4 Å². The van der Waals surface area contributed by atoms with Gasteiger partial charge in [0.1, 0.15) is 5.82 Å². The number of pyridine rings is 1. The predicted molar refractivity (Wildman–Crippen MR) is 137 cm³/mol. The van der Waals surface area contributed by atoms with Gasteiger partial charge < -0.3 is 23.8 Å². The molecule has 0 saturated carbocycles. The van der Waals surface area contributed by atoms with Gasteiger partial charge in [-0.2, -0.15) is 0 Å². The molecule has 4 rings (SSSR count). The van der Waals surface area contributed by atoms with E-state index in [1.807, 2.05) is 61.5 Å². The molecule has 0 fully saturated rings. The van der Waals surface area contributed by atoms with Gasteiger partial charge in [-0.3, -0.25) is 0 Å². The Kier molecular flexibility index (Phi) is 6.77. The Morgan fingerprint density at radius 3 is 1.91 bits per heavy atom. The lowest BCUT2D eigenvalue weighted by atomic mass is 9.95. The van der Waals surface area contributed by atoms with Gasteiger partial charge in [-0.25, -0.2) is 4.98 Å². The fourth-order valence-electron chi connectivity index (χ4n) is 4.16. The third-order valence-corrected chi connectivity index (χ3v) is 5.86. The van der Waals surface area contributed by atoms with Crippen LogP contribution in [0.4, 0.5) is 5.82 Å². The predicted octanol–water partition coefficient (Wildman–Crippen LogP) is 5.59. The lowest BCUT2D eigenvalue weighted by molar-refractivity contribution is 0.355. The average molecular weight is 459 g/mol. The summed E-state index contributed by atoms with van der Waals surface area (Å²) in [6.07, 6.45) is 0.736. The van der Waals surface area contributed by atoms with Gasteiger partial charge in [0.25, 0.3) is 0 Å². The van der Waals surface area contributed by atoms with Gasteiger partial charge >= 0.3 is 0 Å². The van der Waals surface area contributed by atoms with E-state index in [2.05, 4.69) is 18.2 Å². The molecule has 0 radical (unpaired) electrons. The topological polar surface area (TPSA) is 53.0 Å². The van der Waals surface area contributed by atoms with Gasteiger partial charge in [0.2, 0.25) is 0 Å². The molecule has 34 heavy (non-hydrogen) atoms. The minimum absolute atomic E-state index is 0.662. The molecule has 0 unspecified atom stereocenters. The summed E-state index contributed by atoms with van der Waals surface area (Å²) < 4.78 is 22.3. The molecule has 0 bridgehead atoms. The van der Waals surface area contributed by atoms with Crippen molar-refractivity contribution in [3.05, 3.63) is 71.8 Å². The summed E-state index contributed by atoms with van der Waals surface area (Å²) in [5.41, 5.74) is 4.13. The molecule has 1 heterocycles. The largest absolute Gasteiger partial charge is 0.493 e. The van der Waals surface area contributed by atoms with Crippen LogP contribution in [0.1, 0.15) is 11.1 Å². The molecule has 4 aromatic rings. The van der Waals surface area contributed by atoms with Crippen molar-refractivity contribution in [3.8, 4) is 34.3 Å². The van der Waals surface area contributed by atoms with Crippen molar-refractivity contribution in [3.63, 3.8) is 0 Å². The highest BCUT2D eigenvalue weighted by molar-refractivity contribution is 5.97. The molecule has 176 valence electrons. The smallest absolute Gasteiger partial charge is 0.161 e. The fraction of sp³-hybridized carbons (Fsp3) is 0.250. The third kappa shape index (κ3) is 4.44. The molecular weight excluding hydrogens is 428 g/mol. The summed E-state index contributed by atoms with van der Waals surface area (Å²) in [5.74, 6) is 3.54. The second kappa shape index (κ2) is 9.91. The van der Waals surface area contributed by atoms with Crippen LogP contribution in [0.5, 0.6) is 23.0 Å². The number of rotatable bonds is 8. The Morgan fingerprint density at radius 2 is 1.29 bits per heavy atom. The van der Waals surface area contributed by atoms with E-state index in [0.29, 0.717) is 23.0 Å². The lowest BCUT2D eigenvalue weighted by Crippen LogP contribution is -2.12. The van der Waals surface area contributed by atoms with Crippen LogP contribution >= 0.6 is 0 Å². The molecule has 0 atom stereocenters. The quantitative estimate of drug-likeness (QED) is 0.343. The van der Waals surface area contributed by atoms with Crippen LogP contribution < -0.4 is 23.8 Å². The Morgan fingerprint density at radius 1 is 0.706 bits per heavy atom. The fourth-order valence-corrected chi connectivity index (χ4v) is 4.16. The maximum Gasteiger partial charge on any atom is 0.161 e. The molecule has 0 amide bonds. The van der Waals surface area contributed by atoms with E-state index in [4.69, 9.17) is 23.9 Å². The number of methoxy groups -OCH3 is 4. The molecule has 0 aliphatic carbocycles. The molecule has 0 aliphatic rings. The first-order chi connectivity index (χ1) is 16.5. The van der Waals surface area contributed by atoms with Crippen LogP contribution in [0, 0.1) is 0 Å². The SMILES string of the molecule is COc1cc(Cc2ccccc2)c(-c2cc3cc(OC)c(OC)cc3c(N(C)C)n2)cc1OC. The van der Waals surface area contributed by atoms with Crippen LogP contribution in [-0.4, -0.2) is 47.5 Å². The zero-order valence-electron chi connectivity index (χ0n) is 20.5. The number of fused-ring (bicyclic) bond motifs is 1. The van der Waals surface area contributed by atoms with Crippen molar-refractivity contribution in [1.29, 1.82) is 0 Å². The number of hydrogen-bond donors (Lipinski definition) is 0. The van der Waals surface area contributed by atoms with Crippen LogP contribution in [0.25, 0.3) is 22.0 Å². The number of nitrogens with zero attached hydrogens (tertiary/aromatic N) is 2. The van der Waals surface area contributed by atoms with Gasteiger partial charge in [-0.15, -0.1) is 0 Å². The van der Waals surface area contributed by atoms with Gasteiger partial charge in [0, 0.05) is 25.0 Å². The van der Waals surface area contributed by atoms with Crippen LogP contribution in [0.15, 0.2) is 60.7 Å². The summed E-state index contributed by atoms with van der Waals surface area (Å²) in [4.78, 5) is 7.08. The number of aromatic nitrogens is 1. The van der Waals surface area contributed by atoms with Gasteiger partial charge in [0.05, 0.1) is 34.1 Å². The number of anilines is 1. The Bertz CT molecular complexity index is 1300. The molecule has 0 N–H and O–H groups in total. The lowest BCUT2D eigenvalue weighted by Gasteiger charge is -2.20. The Hall–Kier alpha value is -3.93. The normalized spacial score (nSPS) is 10.8. The van der Waals surface area contributed by atoms with E-state index < -0.39 is 0 Å². The third-order valence-electron chi connectivity index (χ3n) is 5.86. The van der Waals surface area contributed by atoms with Crippen molar-refractivity contribution >= 4 is 16.6 Å². The first-order valence-corrected chi connectivity index (χ1v) is 11.0. The second-order valence-electron chi connectivity index (χ2n) is 8.18. The van der Waals surface area contributed by atoms with Crippen molar-refractivity contribution in [1.82, 2.24) is 4.98 Å². The standard InChI is InChI=1S/C28H30N2O4/c1-30(2)28-22-17-27(34-6)25(32-4)15-20(22)13-23(29-28)21-16-26(33-5)24(31-3)14-19(21)12-18-10-8-7-9-11-18/h7-11,13-17H,12H2,1-6H3. The maximum absolute atomic E-state index is 5.64. The molecular formula is C28H30N2O4. The summed E-state index contributed by atoms with van der Waals surface area (Å²) in [6, 6.07) is 20.5.